The molecule has 0 saturated carbocycles. The lowest BCUT2D eigenvalue weighted by Crippen LogP contribution is -2.13. The Morgan fingerprint density at radius 1 is 1.45 bits per heavy atom. The van der Waals surface area contributed by atoms with E-state index in [2.05, 4.69) is 15.5 Å². The van der Waals surface area contributed by atoms with Gasteiger partial charge in [0.1, 0.15) is 17.8 Å². The number of carbonyl (C=O) groups is 1. The van der Waals surface area contributed by atoms with Crippen LogP contribution in [-0.2, 0) is 4.79 Å². The lowest BCUT2D eigenvalue weighted by molar-refractivity contribution is -0.118. The molecule has 0 unspecified atom stereocenters. The molecule has 0 saturated heterocycles. The van der Waals surface area contributed by atoms with Gasteiger partial charge in [-0.2, -0.15) is 5.10 Å². The second kappa shape index (κ2) is 6.21. The number of methoxy groups -OCH3 is 1. The van der Waals surface area contributed by atoms with Crippen molar-refractivity contribution in [3.05, 3.63) is 41.4 Å². The van der Waals surface area contributed by atoms with Crippen LogP contribution in [0.2, 0.25) is 5.15 Å². The van der Waals surface area contributed by atoms with Gasteiger partial charge in [0.25, 0.3) is 0 Å². The second-order valence-corrected chi connectivity index (χ2v) is 4.27. The number of rotatable bonds is 4. The lowest BCUT2D eigenvalue weighted by Gasteiger charge is -2.06. The van der Waals surface area contributed by atoms with Crippen molar-refractivity contribution < 1.29 is 9.53 Å². The van der Waals surface area contributed by atoms with Gasteiger partial charge in [0.2, 0.25) is 5.91 Å². The van der Waals surface area contributed by atoms with Crippen LogP contribution in [0.1, 0.15) is 12.6 Å². The number of nitrogens with one attached hydrogen (secondary N) is 1. The third-order valence-corrected chi connectivity index (χ3v) is 2.81. The number of carbonyl (C=O) groups excluding carboxylic acids is 1. The largest absolute Gasteiger partial charge is 0.497 e. The Kier molecular flexibility index (Phi) is 4.37. The van der Waals surface area contributed by atoms with Crippen LogP contribution in [0.5, 0.6) is 5.75 Å². The Morgan fingerprint density at radius 2 is 2.15 bits per heavy atom. The van der Waals surface area contributed by atoms with E-state index in [0.29, 0.717) is 10.8 Å². The number of halogens is 1. The molecular formula is C13H13ClN4O2. The lowest BCUT2D eigenvalue weighted by atomic mass is 10.3. The first-order chi connectivity index (χ1) is 9.61. The highest BCUT2D eigenvalue weighted by Crippen LogP contribution is 2.19. The smallest absolute Gasteiger partial charge is 0.236 e. The summed E-state index contributed by atoms with van der Waals surface area (Å²) in [6.45, 7) is 1.37. The second-order valence-electron chi connectivity index (χ2n) is 3.91. The van der Waals surface area contributed by atoms with Crippen LogP contribution in [0, 0.1) is 0 Å². The number of amides is 1. The molecule has 1 aromatic heterocycles. The van der Waals surface area contributed by atoms with Crippen molar-refractivity contribution in [1.82, 2.24) is 15.0 Å². The number of ether oxygens (including phenoxy) is 1. The van der Waals surface area contributed by atoms with Gasteiger partial charge in [-0.3, -0.25) is 9.36 Å². The minimum atomic E-state index is -0.257. The standard InChI is InChI=1S/C13H13ClN4O2/c1-9(19)17-16-7-12-13(14)15-8-18(12)10-3-5-11(20-2)6-4-10/h3-8H,1-2H3,(H,17,19). The molecule has 0 spiro atoms. The summed E-state index contributed by atoms with van der Waals surface area (Å²) in [5.41, 5.74) is 3.75. The maximum Gasteiger partial charge on any atom is 0.236 e. The predicted octanol–water partition coefficient (Wildman–Crippen LogP) is 2.00. The molecule has 0 radical (unpaired) electrons. The minimum absolute atomic E-state index is 0.257. The molecule has 6 nitrogen and oxygen atoms in total. The normalized spacial score (nSPS) is 10.8. The summed E-state index contributed by atoms with van der Waals surface area (Å²) in [6.07, 6.45) is 3.03. The fraction of sp³-hybridized carbons (Fsp3) is 0.154. The Balaban J connectivity index is 2.32. The van der Waals surface area contributed by atoms with Gasteiger partial charge in [-0.05, 0) is 24.3 Å². The Labute approximate surface area is 121 Å². The summed E-state index contributed by atoms with van der Waals surface area (Å²) >= 11 is 6.01. The van der Waals surface area contributed by atoms with E-state index in [1.54, 1.807) is 18.0 Å². The van der Waals surface area contributed by atoms with Crippen LogP contribution in [0.25, 0.3) is 5.69 Å². The van der Waals surface area contributed by atoms with Gasteiger partial charge in [-0.25, -0.2) is 10.4 Å². The molecule has 104 valence electrons. The van der Waals surface area contributed by atoms with E-state index in [1.807, 2.05) is 24.3 Å². The number of hydrogen-bond donors (Lipinski definition) is 1. The molecule has 1 heterocycles. The quantitative estimate of drug-likeness (QED) is 0.692. The Morgan fingerprint density at radius 3 is 2.75 bits per heavy atom. The van der Waals surface area contributed by atoms with E-state index >= 15 is 0 Å². The molecule has 2 aromatic rings. The Bertz CT molecular complexity index is 634. The van der Waals surface area contributed by atoms with Crippen molar-refractivity contribution in [3.8, 4) is 11.4 Å². The van der Waals surface area contributed by atoms with E-state index in [0.717, 1.165) is 11.4 Å². The third kappa shape index (κ3) is 3.16. The molecule has 0 fully saturated rings. The van der Waals surface area contributed by atoms with Crippen LogP contribution in [0.15, 0.2) is 35.7 Å². The summed E-state index contributed by atoms with van der Waals surface area (Å²) in [5.74, 6) is 0.501. The zero-order valence-electron chi connectivity index (χ0n) is 11.0. The first-order valence-electron chi connectivity index (χ1n) is 5.78. The van der Waals surface area contributed by atoms with Gasteiger partial charge in [-0.15, -0.1) is 0 Å². The van der Waals surface area contributed by atoms with Crippen molar-refractivity contribution in [3.63, 3.8) is 0 Å². The van der Waals surface area contributed by atoms with Gasteiger partial charge in [-0.1, -0.05) is 11.6 Å². The maximum atomic E-state index is 10.8. The zero-order valence-corrected chi connectivity index (χ0v) is 11.8. The SMILES string of the molecule is COc1ccc(-n2cnc(Cl)c2C=NNC(C)=O)cc1. The monoisotopic (exact) mass is 292 g/mol. The fourth-order valence-electron chi connectivity index (χ4n) is 1.58. The molecule has 0 bridgehead atoms. The van der Waals surface area contributed by atoms with Crippen LogP contribution < -0.4 is 10.2 Å². The molecule has 1 N–H and O–H groups in total. The minimum Gasteiger partial charge on any atom is -0.497 e. The molecule has 0 aliphatic rings. The van der Waals surface area contributed by atoms with E-state index in [9.17, 15) is 4.79 Å². The molecule has 1 amide bonds. The summed E-state index contributed by atoms with van der Waals surface area (Å²) in [5, 5.41) is 4.10. The maximum absolute atomic E-state index is 10.8. The van der Waals surface area contributed by atoms with E-state index in [1.165, 1.54) is 13.1 Å². The highest BCUT2D eigenvalue weighted by molar-refractivity contribution is 6.31. The van der Waals surface area contributed by atoms with Gasteiger partial charge in [0.05, 0.1) is 13.3 Å². The van der Waals surface area contributed by atoms with Crippen molar-refractivity contribution >= 4 is 23.7 Å². The average Bonchev–Trinajstić information content (AvgIpc) is 2.80. The number of hydrogen-bond acceptors (Lipinski definition) is 4. The molecule has 2 rings (SSSR count). The molecule has 0 atom stereocenters. The Hall–Kier alpha value is -2.34. The molecule has 0 aliphatic heterocycles. The summed E-state index contributed by atoms with van der Waals surface area (Å²) in [7, 11) is 1.61. The first-order valence-corrected chi connectivity index (χ1v) is 6.16. The summed E-state index contributed by atoms with van der Waals surface area (Å²) in [4.78, 5) is 14.8. The topological polar surface area (TPSA) is 68.5 Å². The molecule has 1 aromatic carbocycles. The average molecular weight is 293 g/mol. The van der Waals surface area contributed by atoms with Crippen LogP contribution in [-0.4, -0.2) is 28.8 Å². The summed E-state index contributed by atoms with van der Waals surface area (Å²) < 4.78 is 6.86. The molecule has 20 heavy (non-hydrogen) atoms. The van der Waals surface area contributed by atoms with Crippen molar-refractivity contribution in [1.29, 1.82) is 0 Å². The van der Waals surface area contributed by atoms with Crippen molar-refractivity contribution in [2.24, 2.45) is 5.10 Å². The number of hydrazone groups is 1. The van der Waals surface area contributed by atoms with Gasteiger partial charge >= 0.3 is 0 Å². The summed E-state index contributed by atoms with van der Waals surface area (Å²) in [6, 6.07) is 7.40. The fourth-order valence-corrected chi connectivity index (χ4v) is 1.77. The third-order valence-electron chi connectivity index (χ3n) is 2.52. The highest BCUT2D eigenvalue weighted by Gasteiger charge is 2.08. The van der Waals surface area contributed by atoms with Gasteiger partial charge in [0.15, 0.2) is 5.15 Å². The molecule has 7 heteroatoms. The molecular weight excluding hydrogens is 280 g/mol. The van der Waals surface area contributed by atoms with E-state index in [4.69, 9.17) is 16.3 Å². The number of imidazole rings is 1. The van der Waals surface area contributed by atoms with Gasteiger partial charge in [0, 0.05) is 12.6 Å². The van der Waals surface area contributed by atoms with Crippen molar-refractivity contribution in [2.45, 2.75) is 6.92 Å². The van der Waals surface area contributed by atoms with E-state index in [-0.39, 0.29) is 5.91 Å². The number of nitrogens with zero attached hydrogens (tertiary/aromatic N) is 3. The molecule has 0 aliphatic carbocycles. The highest BCUT2D eigenvalue weighted by atomic mass is 35.5. The van der Waals surface area contributed by atoms with E-state index < -0.39 is 0 Å². The number of benzene rings is 1. The first kappa shape index (κ1) is 14.1. The predicted molar refractivity (Wildman–Crippen MR) is 76.5 cm³/mol. The van der Waals surface area contributed by atoms with Crippen LogP contribution in [0.3, 0.4) is 0 Å². The number of aromatic nitrogens is 2. The van der Waals surface area contributed by atoms with Crippen molar-refractivity contribution in [2.75, 3.05) is 7.11 Å². The zero-order chi connectivity index (χ0) is 14.5. The van der Waals surface area contributed by atoms with Gasteiger partial charge < -0.3 is 4.74 Å². The van der Waals surface area contributed by atoms with Crippen LogP contribution >= 0.6 is 11.6 Å². The van der Waals surface area contributed by atoms with Crippen LogP contribution in [0.4, 0.5) is 0 Å².